The predicted molar refractivity (Wildman–Crippen MR) is 109 cm³/mol. The fourth-order valence-corrected chi connectivity index (χ4v) is 3.40. The molecule has 3 rings (SSSR count). The Hall–Kier alpha value is -2.80. The van der Waals surface area contributed by atoms with Crippen molar-refractivity contribution in [2.45, 2.75) is 12.6 Å². The zero-order valence-corrected chi connectivity index (χ0v) is 16.1. The van der Waals surface area contributed by atoms with Crippen LogP contribution >= 0.6 is 0 Å². The first-order valence-corrected chi connectivity index (χ1v) is 9.21. The molecule has 3 aromatic rings. The Balaban J connectivity index is 2.22. The Morgan fingerprint density at radius 1 is 1.11 bits per heavy atom. The molecule has 3 N–H and O–H groups in total. The summed E-state index contributed by atoms with van der Waals surface area (Å²) in [4.78, 5) is 18.5. The lowest BCUT2D eigenvalue weighted by Crippen LogP contribution is -2.32. The number of pyridine rings is 1. The summed E-state index contributed by atoms with van der Waals surface area (Å²) in [5, 5.41) is 24.3. The first-order valence-electron chi connectivity index (χ1n) is 9.21. The fraction of sp³-hybridized carbons (Fsp3) is 0.273. The summed E-state index contributed by atoms with van der Waals surface area (Å²) in [6, 6.07) is 16.6. The maximum absolute atomic E-state index is 12.1. The third kappa shape index (κ3) is 4.20. The molecule has 0 fully saturated rings. The number of hydrogen-bond acceptors (Lipinski definition) is 5. The average molecular weight is 379 g/mol. The normalized spacial score (nSPS) is 12.4. The highest BCUT2D eigenvalue weighted by molar-refractivity contribution is 5.94. The molecule has 0 amide bonds. The Kier molecular flexibility index (Phi) is 6.36. The van der Waals surface area contributed by atoms with E-state index in [1.807, 2.05) is 62.6 Å². The molecule has 2 aromatic carbocycles. The van der Waals surface area contributed by atoms with Crippen molar-refractivity contribution in [1.29, 1.82) is 0 Å². The third-order valence-corrected chi connectivity index (χ3v) is 4.73. The van der Waals surface area contributed by atoms with E-state index in [1.54, 1.807) is 6.07 Å². The molecule has 1 atom stereocenters. The number of para-hydroxylation sites is 1. The van der Waals surface area contributed by atoms with Gasteiger partial charge >= 0.3 is 5.97 Å². The monoisotopic (exact) mass is 379 g/mol. The second kappa shape index (κ2) is 8.93. The Bertz CT molecular complexity index is 958. The summed E-state index contributed by atoms with van der Waals surface area (Å²) in [7, 11) is 3.97. The van der Waals surface area contributed by atoms with Gasteiger partial charge in [0.1, 0.15) is 0 Å². The van der Waals surface area contributed by atoms with Crippen LogP contribution in [-0.4, -0.2) is 53.3 Å². The molecular formula is C22H25N3O3. The molecule has 6 heteroatoms. The number of aliphatic hydroxyl groups excluding tert-OH is 1. The van der Waals surface area contributed by atoms with E-state index in [9.17, 15) is 15.0 Å². The van der Waals surface area contributed by atoms with Crippen molar-refractivity contribution < 1.29 is 15.0 Å². The number of hydrogen-bond donors (Lipinski definition) is 3. The van der Waals surface area contributed by atoms with Crippen LogP contribution in [0.2, 0.25) is 0 Å². The van der Waals surface area contributed by atoms with E-state index in [0.717, 1.165) is 17.5 Å². The number of aromatic nitrogens is 1. The molecule has 0 radical (unpaired) electrons. The van der Waals surface area contributed by atoms with E-state index in [1.165, 1.54) is 0 Å². The molecule has 6 nitrogen and oxygen atoms in total. The van der Waals surface area contributed by atoms with E-state index in [4.69, 9.17) is 0 Å². The summed E-state index contributed by atoms with van der Waals surface area (Å²) in [6.07, 6.45) is 0. The third-order valence-electron chi connectivity index (χ3n) is 4.73. The minimum absolute atomic E-state index is 0.0334. The summed E-state index contributed by atoms with van der Waals surface area (Å²) < 4.78 is 0. The Morgan fingerprint density at radius 3 is 2.43 bits per heavy atom. The van der Waals surface area contributed by atoms with Crippen LogP contribution in [0.3, 0.4) is 0 Å². The van der Waals surface area contributed by atoms with Crippen molar-refractivity contribution in [1.82, 2.24) is 15.2 Å². The van der Waals surface area contributed by atoms with Crippen LogP contribution in [0.25, 0.3) is 10.9 Å². The number of aromatic carboxylic acids is 1. The number of benzene rings is 2. The van der Waals surface area contributed by atoms with Gasteiger partial charge in [0, 0.05) is 24.0 Å². The topological polar surface area (TPSA) is 85.7 Å². The molecule has 1 heterocycles. The van der Waals surface area contributed by atoms with Crippen LogP contribution < -0.4 is 5.32 Å². The van der Waals surface area contributed by atoms with Gasteiger partial charge < -0.3 is 20.4 Å². The van der Waals surface area contributed by atoms with Crippen LogP contribution in [0.15, 0.2) is 54.6 Å². The minimum atomic E-state index is -1.11. The molecule has 0 aliphatic heterocycles. The SMILES string of the molecule is CN(C)CCNC(c1ccccc1)c1c(C(=O)O)nc2ccccc2c1CO. The molecule has 0 saturated carbocycles. The first-order chi connectivity index (χ1) is 13.5. The van der Waals surface area contributed by atoms with E-state index in [2.05, 4.69) is 15.2 Å². The van der Waals surface area contributed by atoms with Gasteiger partial charge in [-0.3, -0.25) is 0 Å². The number of fused-ring (bicyclic) bond motifs is 1. The molecule has 0 aliphatic carbocycles. The van der Waals surface area contributed by atoms with Crippen molar-refractivity contribution in [3.05, 3.63) is 77.0 Å². The lowest BCUT2D eigenvalue weighted by Gasteiger charge is -2.25. The maximum Gasteiger partial charge on any atom is 0.354 e. The van der Waals surface area contributed by atoms with Gasteiger partial charge in [0.15, 0.2) is 5.69 Å². The largest absolute Gasteiger partial charge is 0.477 e. The molecule has 146 valence electrons. The highest BCUT2D eigenvalue weighted by Gasteiger charge is 2.26. The van der Waals surface area contributed by atoms with Crippen LogP contribution in [0, 0.1) is 0 Å². The number of carbonyl (C=O) groups is 1. The van der Waals surface area contributed by atoms with Crippen molar-refractivity contribution >= 4 is 16.9 Å². The van der Waals surface area contributed by atoms with Gasteiger partial charge in [0.05, 0.1) is 18.2 Å². The van der Waals surface area contributed by atoms with Crippen molar-refractivity contribution in [3.8, 4) is 0 Å². The number of nitrogens with zero attached hydrogens (tertiary/aromatic N) is 2. The van der Waals surface area contributed by atoms with Crippen LogP contribution in [0.5, 0.6) is 0 Å². The number of aliphatic hydroxyl groups is 1. The predicted octanol–water partition coefficient (Wildman–Crippen LogP) is 2.67. The molecule has 0 bridgehead atoms. The van der Waals surface area contributed by atoms with Gasteiger partial charge in [0.2, 0.25) is 0 Å². The van der Waals surface area contributed by atoms with Gasteiger partial charge in [-0.1, -0.05) is 48.5 Å². The maximum atomic E-state index is 12.1. The van der Waals surface area contributed by atoms with E-state index in [-0.39, 0.29) is 12.3 Å². The van der Waals surface area contributed by atoms with E-state index in [0.29, 0.717) is 23.2 Å². The lowest BCUT2D eigenvalue weighted by molar-refractivity contribution is 0.0688. The van der Waals surface area contributed by atoms with Gasteiger partial charge in [0.25, 0.3) is 0 Å². The molecule has 0 saturated heterocycles. The van der Waals surface area contributed by atoms with E-state index < -0.39 is 12.0 Å². The highest BCUT2D eigenvalue weighted by Crippen LogP contribution is 2.32. The minimum Gasteiger partial charge on any atom is -0.477 e. The number of rotatable bonds is 8. The second-order valence-electron chi connectivity index (χ2n) is 6.93. The van der Waals surface area contributed by atoms with Gasteiger partial charge in [-0.25, -0.2) is 9.78 Å². The molecule has 1 unspecified atom stereocenters. The standard InChI is InChI=1S/C22H25N3O3/c1-25(2)13-12-23-20(15-8-4-3-5-9-15)19-17(14-26)16-10-6-7-11-18(16)24-21(19)22(27)28/h3-11,20,23,26H,12-14H2,1-2H3,(H,27,28). The van der Waals surface area contributed by atoms with Crippen molar-refractivity contribution in [3.63, 3.8) is 0 Å². The molecule has 28 heavy (non-hydrogen) atoms. The molecule has 1 aromatic heterocycles. The zero-order chi connectivity index (χ0) is 20.1. The zero-order valence-electron chi connectivity index (χ0n) is 16.1. The molecule has 0 aliphatic rings. The number of carboxylic acid groups (broad SMARTS) is 1. The van der Waals surface area contributed by atoms with Crippen LogP contribution in [0.1, 0.15) is 33.2 Å². The smallest absolute Gasteiger partial charge is 0.354 e. The van der Waals surface area contributed by atoms with Crippen molar-refractivity contribution in [2.24, 2.45) is 0 Å². The lowest BCUT2D eigenvalue weighted by atomic mass is 9.90. The van der Waals surface area contributed by atoms with Gasteiger partial charge in [-0.15, -0.1) is 0 Å². The van der Waals surface area contributed by atoms with Crippen molar-refractivity contribution in [2.75, 3.05) is 27.2 Å². The second-order valence-corrected chi connectivity index (χ2v) is 6.93. The summed E-state index contributed by atoms with van der Waals surface area (Å²) in [5.74, 6) is -1.11. The Morgan fingerprint density at radius 2 is 1.79 bits per heavy atom. The van der Waals surface area contributed by atoms with E-state index >= 15 is 0 Å². The quantitative estimate of drug-likeness (QED) is 0.558. The fourth-order valence-electron chi connectivity index (χ4n) is 3.40. The number of nitrogens with one attached hydrogen (secondary N) is 1. The number of carboxylic acids is 1. The molecule has 0 spiro atoms. The Labute approximate surface area is 164 Å². The van der Waals surface area contributed by atoms with Crippen LogP contribution in [0.4, 0.5) is 0 Å². The first kappa shape index (κ1) is 19.9. The van der Waals surface area contributed by atoms with Gasteiger partial charge in [-0.05, 0) is 31.3 Å². The summed E-state index contributed by atoms with van der Waals surface area (Å²) in [5.41, 5.74) is 2.56. The number of likely N-dealkylation sites (N-methyl/N-ethyl adjacent to an activating group) is 1. The van der Waals surface area contributed by atoms with Crippen LogP contribution in [-0.2, 0) is 6.61 Å². The van der Waals surface area contributed by atoms with Gasteiger partial charge in [-0.2, -0.15) is 0 Å². The molecular weight excluding hydrogens is 354 g/mol. The average Bonchev–Trinajstić information content (AvgIpc) is 2.70. The highest BCUT2D eigenvalue weighted by atomic mass is 16.4. The summed E-state index contributed by atoms with van der Waals surface area (Å²) in [6.45, 7) is 1.18. The summed E-state index contributed by atoms with van der Waals surface area (Å²) >= 11 is 0.